The first-order valence-corrected chi connectivity index (χ1v) is 5.45. The smallest absolute Gasteiger partial charge is 0.120 e. The van der Waals surface area contributed by atoms with E-state index in [4.69, 9.17) is 0 Å². The van der Waals surface area contributed by atoms with E-state index in [1.165, 1.54) is 0 Å². The van der Waals surface area contributed by atoms with Crippen molar-refractivity contribution >= 4 is 0 Å². The molecule has 0 amide bonds. The number of hydrogen-bond acceptors (Lipinski definition) is 3. The van der Waals surface area contributed by atoms with Crippen molar-refractivity contribution in [2.75, 3.05) is 20.7 Å². The zero-order valence-electron chi connectivity index (χ0n) is 10.5. The summed E-state index contributed by atoms with van der Waals surface area (Å²) >= 11 is 0. The van der Waals surface area contributed by atoms with Crippen LogP contribution in [-0.4, -0.2) is 35.8 Å². The molecule has 0 aliphatic heterocycles. The number of phenols is 1. The van der Waals surface area contributed by atoms with Crippen molar-refractivity contribution in [2.24, 2.45) is 0 Å². The molecule has 3 heteroatoms. The molecule has 1 aromatic rings. The maximum Gasteiger partial charge on any atom is 0.120 e. The summed E-state index contributed by atoms with van der Waals surface area (Å²) in [5, 5.41) is 19.0. The van der Waals surface area contributed by atoms with E-state index in [9.17, 15) is 10.2 Å². The molecule has 0 atom stereocenters. The SMILES string of the molecule is CN(C)Cc1cc(C(C)(C)CO)ccc1O. The lowest BCUT2D eigenvalue weighted by molar-refractivity contribution is 0.218. The summed E-state index contributed by atoms with van der Waals surface area (Å²) in [6, 6.07) is 5.53. The molecule has 0 saturated carbocycles. The molecule has 0 aliphatic carbocycles. The lowest BCUT2D eigenvalue weighted by Crippen LogP contribution is -2.22. The molecule has 90 valence electrons. The van der Waals surface area contributed by atoms with Crippen LogP contribution in [0.25, 0.3) is 0 Å². The highest BCUT2D eigenvalue weighted by atomic mass is 16.3. The maximum atomic E-state index is 9.73. The predicted octanol–water partition coefficient (Wildman–Crippen LogP) is 1.72. The van der Waals surface area contributed by atoms with Crippen LogP contribution in [0.5, 0.6) is 5.75 Å². The number of aliphatic hydroxyl groups excluding tert-OH is 1. The van der Waals surface area contributed by atoms with Crippen molar-refractivity contribution in [3.8, 4) is 5.75 Å². The van der Waals surface area contributed by atoms with Crippen molar-refractivity contribution in [3.05, 3.63) is 29.3 Å². The van der Waals surface area contributed by atoms with Crippen LogP contribution in [0.4, 0.5) is 0 Å². The van der Waals surface area contributed by atoms with E-state index in [1.54, 1.807) is 6.07 Å². The molecule has 0 saturated heterocycles. The number of nitrogens with zero attached hydrogens (tertiary/aromatic N) is 1. The highest BCUT2D eigenvalue weighted by Crippen LogP contribution is 2.27. The monoisotopic (exact) mass is 223 g/mol. The summed E-state index contributed by atoms with van der Waals surface area (Å²) < 4.78 is 0. The van der Waals surface area contributed by atoms with E-state index in [0.717, 1.165) is 11.1 Å². The lowest BCUT2D eigenvalue weighted by Gasteiger charge is -2.23. The van der Waals surface area contributed by atoms with E-state index >= 15 is 0 Å². The first-order valence-electron chi connectivity index (χ1n) is 5.45. The molecule has 0 spiro atoms. The Kier molecular flexibility index (Phi) is 3.94. The second-order valence-corrected chi connectivity index (χ2v) is 5.12. The Labute approximate surface area is 97.3 Å². The average molecular weight is 223 g/mol. The molecule has 1 rings (SSSR count). The van der Waals surface area contributed by atoms with Gasteiger partial charge in [0.05, 0.1) is 6.61 Å². The molecule has 0 aromatic heterocycles. The van der Waals surface area contributed by atoms with Crippen molar-refractivity contribution in [1.29, 1.82) is 0 Å². The van der Waals surface area contributed by atoms with Crippen LogP contribution < -0.4 is 0 Å². The summed E-state index contributed by atoms with van der Waals surface area (Å²) in [6.07, 6.45) is 0. The fraction of sp³-hybridized carbons (Fsp3) is 0.538. The molecular formula is C13H21NO2. The molecule has 0 unspecified atom stereocenters. The molecule has 0 heterocycles. The fourth-order valence-corrected chi connectivity index (χ4v) is 1.57. The summed E-state index contributed by atoms with van der Waals surface area (Å²) in [6.45, 7) is 4.76. The summed E-state index contributed by atoms with van der Waals surface area (Å²) in [4.78, 5) is 2.00. The first kappa shape index (κ1) is 13.0. The van der Waals surface area contributed by atoms with E-state index in [0.29, 0.717) is 12.3 Å². The van der Waals surface area contributed by atoms with Crippen LogP contribution in [0.1, 0.15) is 25.0 Å². The zero-order valence-corrected chi connectivity index (χ0v) is 10.5. The van der Waals surface area contributed by atoms with Crippen LogP contribution in [0.3, 0.4) is 0 Å². The Hall–Kier alpha value is -1.06. The van der Waals surface area contributed by atoms with Gasteiger partial charge in [0, 0.05) is 17.5 Å². The summed E-state index contributed by atoms with van der Waals surface area (Å²) in [5.74, 6) is 0.311. The van der Waals surface area contributed by atoms with Crippen molar-refractivity contribution in [2.45, 2.75) is 25.8 Å². The topological polar surface area (TPSA) is 43.7 Å². The molecule has 2 N–H and O–H groups in total. The number of rotatable bonds is 4. The quantitative estimate of drug-likeness (QED) is 0.817. The van der Waals surface area contributed by atoms with Gasteiger partial charge < -0.3 is 15.1 Å². The minimum absolute atomic E-state index is 0.0964. The summed E-state index contributed by atoms with van der Waals surface area (Å²) in [7, 11) is 3.92. The van der Waals surface area contributed by atoms with E-state index in [2.05, 4.69) is 0 Å². The Morgan fingerprint density at radius 2 is 1.88 bits per heavy atom. The number of hydrogen-bond donors (Lipinski definition) is 2. The Morgan fingerprint density at radius 1 is 1.25 bits per heavy atom. The Morgan fingerprint density at radius 3 is 2.38 bits per heavy atom. The molecule has 3 nitrogen and oxygen atoms in total. The third-order valence-corrected chi connectivity index (χ3v) is 2.74. The zero-order chi connectivity index (χ0) is 12.3. The van der Waals surface area contributed by atoms with E-state index in [1.807, 2.05) is 45.0 Å². The molecule has 0 fully saturated rings. The highest BCUT2D eigenvalue weighted by Gasteiger charge is 2.20. The van der Waals surface area contributed by atoms with Crippen LogP contribution in [0.2, 0.25) is 0 Å². The van der Waals surface area contributed by atoms with E-state index in [-0.39, 0.29) is 12.0 Å². The van der Waals surface area contributed by atoms with Gasteiger partial charge in [-0.25, -0.2) is 0 Å². The van der Waals surface area contributed by atoms with Crippen LogP contribution in [-0.2, 0) is 12.0 Å². The van der Waals surface area contributed by atoms with Crippen molar-refractivity contribution in [1.82, 2.24) is 4.90 Å². The van der Waals surface area contributed by atoms with Gasteiger partial charge in [-0.1, -0.05) is 26.0 Å². The Bertz CT molecular complexity index is 359. The highest BCUT2D eigenvalue weighted by molar-refractivity contribution is 5.39. The largest absolute Gasteiger partial charge is 0.508 e. The number of aliphatic hydroxyl groups is 1. The van der Waals surface area contributed by atoms with Gasteiger partial charge in [-0.2, -0.15) is 0 Å². The Balaban J connectivity index is 3.07. The van der Waals surface area contributed by atoms with Crippen LogP contribution in [0, 0.1) is 0 Å². The maximum absolute atomic E-state index is 9.73. The van der Waals surface area contributed by atoms with Gasteiger partial charge in [-0.05, 0) is 25.7 Å². The molecule has 16 heavy (non-hydrogen) atoms. The molecule has 0 radical (unpaired) electrons. The average Bonchev–Trinajstić information content (AvgIpc) is 2.20. The second-order valence-electron chi connectivity index (χ2n) is 5.12. The number of aromatic hydroxyl groups is 1. The van der Waals surface area contributed by atoms with Gasteiger partial charge in [0.15, 0.2) is 0 Å². The number of benzene rings is 1. The summed E-state index contributed by atoms with van der Waals surface area (Å²) in [5.41, 5.74) is 1.67. The van der Waals surface area contributed by atoms with Gasteiger partial charge in [-0.15, -0.1) is 0 Å². The van der Waals surface area contributed by atoms with Gasteiger partial charge in [0.25, 0.3) is 0 Å². The molecule has 0 bridgehead atoms. The standard InChI is InChI=1S/C13H21NO2/c1-13(2,9-15)11-5-6-12(16)10(7-11)8-14(3)4/h5-7,15-16H,8-9H2,1-4H3. The minimum Gasteiger partial charge on any atom is -0.508 e. The van der Waals surface area contributed by atoms with Gasteiger partial charge in [0.1, 0.15) is 5.75 Å². The van der Waals surface area contributed by atoms with E-state index < -0.39 is 0 Å². The lowest BCUT2D eigenvalue weighted by atomic mass is 9.84. The minimum atomic E-state index is -0.269. The van der Waals surface area contributed by atoms with Crippen LogP contribution in [0.15, 0.2) is 18.2 Å². The second kappa shape index (κ2) is 4.85. The number of phenolic OH excluding ortho intramolecular Hbond substituents is 1. The molecule has 0 aliphatic rings. The normalized spacial score (nSPS) is 12.1. The first-order chi connectivity index (χ1) is 7.36. The fourth-order valence-electron chi connectivity index (χ4n) is 1.57. The predicted molar refractivity (Wildman–Crippen MR) is 65.6 cm³/mol. The molecule has 1 aromatic carbocycles. The van der Waals surface area contributed by atoms with Crippen molar-refractivity contribution in [3.63, 3.8) is 0 Å². The van der Waals surface area contributed by atoms with Gasteiger partial charge in [-0.3, -0.25) is 0 Å². The van der Waals surface area contributed by atoms with Gasteiger partial charge in [0.2, 0.25) is 0 Å². The molecular weight excluding hydrogens is 202 g/mol. The van der Waals surface area contributed by atoms with Crippen LogP contribution >= 0.6 is 0 Å². The van der Waals surface area contributed by atoms with Gasteiger partial charge >= 0.3 is 0 Å². The third-order valence-electron chi connectivity index (χ3n) is 2.74. The third kappa shape index (κ3) is 2.97. The van der Waals surface area contributed by atoms with Crippen molar-refractivity contribution < 1.29 is 10.2 Å².